The maximum absolute atomic E-state index is 5.62. The lowest BCUT2D eigenvalue weighted by atomic mass is 10.1. The van der Waals surface area contributed by atoms with Crippen LogP contribution in [0.15, 0.2) is 24.3 Å². The standard InChI is InChI=1S/C10H14ClN/c11-7-5-9-1-3-10(4-2-9)6-8-12/h1-4H,5-8,12H2. The summed E-state index contributed by atoms with van der Waals surface area (Å²) in [5.74, 6) is 0.691. The van der Waals surface area contributed by atoms with Gasteiger partial charge in [0.15, 0.2) is 0 Å². The Bertz CT molecular complexity index is 193. The molecule has 0 amide bonds. The zero-order valence-electron chi connectivity index (χ0n) is 7.09. The number of rotatable bonds is 4. The Morgan fingerprint density at radius 2 is 1.50 bits per heavy atom. The summed E-state index contributed by atoms with van der Waals surface area (Å²) in [5, 5.41) is 0. The lowest BCUT2D eigenvalue weighted by Crippen LogP contribution is -2.02. The van der Waals surface area contributed by atoms with Crippen molar-refractivity contribution in [3.8, 4) is 0 Å². The Balaban J connectivity index is 2.58. The van der Waals surface area contributed by atoms with Crippen LogP contribution in [-0.2, 0) is 12.8 Å². The Hall–Kier alpha value is -0.530. The number of nitrogens with two attached hydrogens (primary N) is 1. The molecule has 0 fully saturated rings. The normalized spacial score (nSPS) is 10.2. The lowest BCUT2D eigenvalue weighted by molar-refractivity contribution is 0.966. The second kappa shape index (κ2) is 5.18. The molecule has 0 saturated heterocycles. The first-order chi connectivity index (χ1) is 5.86. The zero-order chi connectivity index (χ0) is 8.81. The predicted octanol–water partition coefficient (Wildman–Crippen LogP) is 1.97. The Morgan fingerprint density at radius 1 is 1.00 bits per heavy atom. The first kappa shape index (κ1) is 9.56. The number of hydrogen-bond acceptors (Lipinski definition) is 1. The molecule has 0 radical (unpaired) electrons. The van der Waals surface area contributed by atoms with Crippen LogP contribution in [0.25, 0.3) is 0 Å². The van der Waals surface area contributed by atoms with Crippen molar-refractivity contribution in [2.45, 2.75) is 12.8 Å². The van der Waals surface area contributed by atoms with E-state index in [-0.39, 0.29) is 0 Å². The van der Waals surface area contributed by atoms with Crippen molar-refractivity contribution in [1.82, 2.24) is 0 Å². The number of aryl methyl sites for hydroxylation is 1. The molecule has 12 heavy (non-hydrogen) atoms. The molecule has 0 saturated carbocycles. The fourth-order valence-corrected chi connectivity index (χ4v) is 1.37. The fourth-order valence-electron chi connectivity index (χ4n) is 1.15. The van der Waals surface area contributed by atoms with Gasteiger partial charge in [-0.15, -0.1) is 11.6 Å². The minimum atomic E-state index is 0.691. The first-order valence-corrected chi connectivity index (χ1v) is 4.74. The maximum atomic E-state index is 5.62. The van der Waals surface area contributed by atoms with E-state index in [1.165, 1.54) is 11.1 Å². The van der Waals surface area contributed by atoms with Gasteiger partial charge in [-0.05, 0) is 30.5 Å². The van der Waals surface area contributed by atoms with Gasteiger partial charge in [0.05, 0.1) is 0 Å². The Labute approximate surface area is 78.5 Å². The van der Waals surface area contributed by atoms with Gasteiger partial charge >= 0.3 is 0 Å². The van der Waals surface area contributed by atoms with E-state index in [4.69, 9.17) is 17.3 Å². The molecular weight excluding hydrogens is 170 g/mol. The second-order valence-corrected chi connectivity index (χ2v) is 3.17. The van der Waals surface area contributed by atoms with Gasteiger partial charge < -0.3 is 5.73 Å². The number of benzene rings is 1. The molecule has 0 aliphatic carbocycles. The molecule has 0 heterocycles. The second-order valence-electron chi connectivity index (χ2n) is 2.79. The van der Waals surface area contributed by atoms with Crippen LogP contribution in [0.4, 0.5) is 0 Å². The molecule has 1 aromatic rings. The maximum Gasteiger partial charge on any atom is 0.0263 e. The molecule has 2 heteroatoms. The molecular formula is C10H14ClN. The third-order valence-electron chi connectivity index (χ3n) is 1.84. The largest absolute Gasteiger partial charge is 0.330 e. The molecule has 0 unspecified atom stereocenters. The summed E-state index contributed by atoms with van der Waals surface area (Å²) < 4.78 is 0. The van der Waals surface area contributed by atoms with Gasteiger partial charge in [0.1, 0.15) is 0 Å². The SMILES string of the molecule is NCCc1ccc(CCCl)cc1. The summed E-state index contributed by atoms with van der Waals surface area (Å²) in [6.07, 6.45) is 1.91. The van der Waals surface area contributed by atoms with E-state index in [1.54, 1.807) is 0 Å². The topological polar surface area (TPSA) is 26.0 Å². The highest BCUT2D eigenvalue weighted by atomic mass is 35.5. The molecule has 66 valence electrons. The summed E-state index contributed by atoms with van der Waals surface area (Å²) in [5.41, 5.74) is 8.03. The summed E-state index contributed by atoms with van der Waals surface area (Å²) in [6, 6.07) is 8.48. The van der Waals surface area contributed by atoms with Crippen LogP contribution in [0, 0.1) is 0 Å². The van der Waals surface area contributed by atoms with Crippen LogP contribution in [-0.4, -0.2) is 12.4 Å². The Morgan fingerprint density at radius 3 is 1.92 bits per heavy atom. The highest BCUT2D eigenvalue weighted by Crippen LogP contribution is 2.05. The molecule has 1 aromatic carbocycles. The van der Waals surface area contributed by atoms with E-state index in [2.05, 4.69) is 24.3 Å². The minimum absolute atomic E-state index is 0.691. The fraction of sp³-hybridized carbons (Fsp3) is 0.400. The summed E-state index contributed by atoms with van der Waals surface area (Å²) >= 11 is 5.62. The third-order valence-corrected chi connectivity index (χ3v) is 2.03. The molecule has 1 rings (SSSR count). The van der Waals surface area contributed by atoms with E-state index in [0.29, 0.717) is 5.88 Å². The highest BCUT2D eigenvalue weighted by Gasteiger charge is 1.92. The van der Waals surface area contributed by atoms with E-state index in [1.807, 2.05) is 0 Å². The van der Waals surface area contributed by atoms with Crippen molar-refractivity contribution in [3.63, 3.8) is 0 Å². The number of halogens is 1. The van der Waals surface area contributed by atoms with Crippen LogP contribution in [0.5, 0.6) is 0 Å². The first-order valence-electron chi connectivity index (χ1n) is 4.20. The number of hydrogen-bond donors (Lipinski definition) is 1. The van der Waals surface area contributed by atoms with E-state index >= 15 is 0 Å². The van der Waals surface area contributed by atoms with Crippen LogP contribution < -0.4 is 5.73 Å². The Kier molecular flexibility index (Phi) is 4.12. The van der Waals surface area contributed by atoms with Gasteiger partial charge in [-0.3, -0.25) is 0 Å². The van der Waals surface area contributed by atoms with E-state index in [9.17, 15) is 0 Å². The van der Waals surface area contributed by atoms with Crippen molar-refractivity contribution in [1.29, 1.82) is 0 Å². The van der Waals surface area contributed by atoms with Gasteiger partial charge in [0.2, 0.25) is 0 Å². The molecule has 1 nitrogen and oxygen atoms in total. The average Bonchev–Trinajstić information content (AvgIpc) is 2.09. The minimum Gasteiger partial charge on any atom is -0.330 e. The molecule has 0 aliphatic rings. The van der Waals surface area contributed by atoms with Crippen LogP contribution in [0.1, 0.15) is 11.1 Å². The highest BCUT2D eigenvalue weighted by molar-refractivity contribution is 6.17. The van der Waals surface area contributed by atoms with E-state index < -0.39 is 0 Å². The van der Waals surface area contributed by atoms with Crippen LogP contribution >= 0.6 is 11.6 Å². The monoisotopic (exact) mass is 183 g/mol. The van der Waals surface area contributed by atoms with Gasteiger partial charge in [0, 0.05) is 5.88 Å². The molecule has 0 bridgehead atoms. The molecule has 0 aromatic heterocycles. The number of alkyl halides is 1. The van der Waals surface area contributed by atoms with Crippen LogP contribution in [0.3, 0.4) is 0 Å². The summed E-state index contributed by atoms with van der Waals surface area (Å²) in [7, 11) is 0. The van der Waals surface area contributed by atoms with Gasteiger partial charge in [-0.1, -0.05) is 24.3 Å². The molecule has 2 N–H and O–H groups in total. The van der Waals surface area contributed by atoms with Crippen molar-refractivity contribution in [3.05, 3.63) is 35.4 Å². The summed E-state index contributed by atoms with van der Waals surface area (Å²) in [4.78, 5) is 0. The quantitative estimate of drug-likeness (QED) is 0.710. The predicted molar refractivity (Wildman–Crippen MR) is 53.6 cm³/mol. The van der Waals surface area contributed by atoms with Crippen molar-refractivity contribution >= 4 is 11.6 Å². The lowest BCUT2D eigenvalue weighted by Gasteiger charge is -2.00. The third kappa shape index (κ3) is 2.84. The van der Waals surface area contributed by atoms with Crippen molar-refractivity contribution in [2.24, 2.45) is 5.73 Å². The van der Waals surface area contributed by atoms with Crippen molar-refractivity contribution < 1.29 is 0 Å². The van der Waals surface area contributed by atoms with Crippen LogP contribution in [0.2, 0.25) is 0 Å². The smallest absolute Gasteiger partial charge is 0.0263 e. The van der Waals surface area contributed by atoms with Crippen molar-refractivity contribution in [2.75, 3.05) is 12.4 Å². The average molecular weight is 184 g/mol. The molecule has 0 atom stereocenters. The molecule has 0 aliphatic heterocycles. The van der Waals surface area contributed by atoms with E-state index in [0.717, 1.165) is 19.4 Å². The van der Waals surface area contributed by atoms with Gasteiger partial charge in [0.25, 0.3) is 0 Å². The zero-order valence-corrected chi connectivity index (χ0v) is 7.85. The molecule has 0 spiro atoms. The van der Waals surface area contributed by atoms with Gasteiger partial charge in [-0.2, -0.15) is 0 Å². The van der Waals surface area contributed by atoms with Gasteiger partial charge in [-0.25, -0.2) is 0 Å². The summed E-state index contributed by atoms with van der Waals surface area (Å²) in [6.45, 7) is 0.717.